The van der Waals surface area contributed by atoms with Crippen molar-refractivity contribution in [3.05, 3.63) is 35.1 Å². The lowest BCUT2D eigenvalue weighted by atomic mass is 10.3. The lowest BCUT2D eigenvalue weighted by Gasteiger charge is -2.34. The number of thiophene rings is 1. The number of fused-ring (bicyclic) bond motifs is 1. The number of rotatable bonds is 5. The number of carbonyl (C=O) groups is 1. The van der Waals surface area contributed by atoms with E-state index in [-0.39, 0.29) is 5.91 Å². The predicted octanol–water partition coefficient (Wildman–Crippen LogP) is 0.641. The van der Waals surface area contributed by atoms with E-state index in [1.807, 2.05) is 13.0 Å². The van der Waals surface area contributed by atoms with Crippen molar-refractivity contribution in [2.45, 2.75) is 24.6 Å². The number of piperazine rings is 1. The molecule has 0 bridgehead atoms. The van der Waals surface area contributed by atoms with Gasteiger partial charge < -0.3 is 10.2 Å². The number of aryl methyl sites for hydroxylation is 1. The Labute approximate surface area is 172 Å². The van der Waals surface area contributed by atoms with Crippen LogP contribution in [0.3, 0.4) is 0 Å². The van der Waals surface area contributed by atoms with Gasteiger partial charge in [-0.3, -0.25) is 4.79 Å². The highest BCUT2D eigenvalue weighted by Gasteiger charge is 2.30. The molecule has 0 radical (unpaired) electrons. The van der Waals surface area contributed by atoms with Gasteiger partial charge in [-0.25, -0.2) is 13.4 Å². The zero-order chi connectivity index (χ0) is 20.6. The third-order valence-corrected chi connectivity index (χ3v) is 8.12. The van der Waals surface area contributed by atoms with E-state index in [0.29, 0.717) is 42.7 Å². The predicted molar refractivity (Wildman–Crippen MR) is 108 cm³/mol. The van der Waals surface area contributed by atoms with Crippen LogP contribution in [0.1, 0.15) is 17.5 Å². The van der Waals surface area contributed by atoms with Crippen molar-refractivity contribution in [1.29, 1.82) is 0 Å². The molecule has 0 unspecified atom stereocenters. The van der Waals surface area contributed by atoms with Crippen molar-refractivity contribution in [3.63, 3.8) is 0 Å². The Morgan fingerprint density at radius 3 is 2.72 bits per heavy atom. The van der Waals surface area contributed by atoms with Gasteiger partial charge in [0.25, 0.3) is 15.8 Å². The fourth-order valence-corrected chi connectivity index (χ4v) is 6.10. The second kappa shape index (κ2) is 7.69. The average Bonchev–Trinajstić information content (AvgIpc) is 3.35. The molecule has 12 heteroatoms. The summed E-state index contributed by atoms with van der Waals surface area (Å²) in [5.74, 6) is 1.24. The summed E-state index contributed by atoms with van der Waals surface area (Å²) < 4.78 is 29.5. The molecule has 4 heterocycles. The number of anilines is 1. The molecule has 1 fully saturated rings. The summed E-state index contributed by atoms with van der Waals surface area (Å²) in [5, 5.41) is 6.91. The molecule has 3 aromatic heterocycles. The van der Waals surface area contributed by atoms with Crippen molar-refractivity contribution in [2.24, 2.45) is 0 Å². The van der Waals surface area contributed by atoms with Crippen LogP contribution in [0.5, 0.6) is 0 Å². The number of nitrogens with zero attached hydrogens (tertiary/aromatic N) is 6. The molecule has 0 atom stereocenters. The minimum Gasteiger partial charge on any atom is -0.354 e. The standard InChI is InChI=1S/C17H21N7O3S2/c1-12-9-15(24-17(21-12)19-11-20-24)22-5-7-23(8-6-22)29(26,27)16-4-3-14(28-16)10-18-13(2)25/h3-4,9,11H,5-8,10H2,1-2H3,(H,18,25). The molecule has 0 spiro atoms. The van der Waals surface area contributed by atoms with Crippen molar-refractivity contribution in [1.82, 2.24) is 29.2 Å². The van der Waals surface area contributed by atoms with Crippen LogP contribution < -0.4 is 10.2 Å². The molecule has 10 nitrogen and oxygen atoms in total. The maximum Gasteiger partial charge on any atom is 0.254 e. The van der Waals surface area contributed by atoms with E-state index >= 15 is 0 Å². The van der Waals surface area contributed by atoms with E-state index in [4.69, 9.17) is 0 Å². The minimum absolute atomic E-state index is 0.147. The van der Waals surface area contributed by atoms with E-state index in [1.54, 1.807) is 16.6 Å². The zero-order valence-electron chi connectivity index (χ0n) is 16.1. The maximum atomic E-state index is 13.0. The monoisotopic (exact) mass is 435 g/mol. The van der Waals surface area contributed by atoms with Gasteiger partial charge in [-0.1, -0.05) is 0 Å². The molecule has 1 N–H and O–H groups in total. The molecule has 29 heavy (non-hydrogen) atoms. The quantitative estimate of drug-likeness (QED) is 0.626. The van der Waals surface area contributed by atoms with Crippen LogP contribution in [0.4, 0.5) is 5.82 Å². The molecule has 1 saturated heterocycles. The highest BCUT2D eigenvalue weighted by molar-refractivity contribution is 7.91. The first-order chi connectivity index (χ1) is 13.8. The first kappa shape index (κ1) is 19.7. The van der Waals surface area contributed by atoms with Crippen LogP contribution in [0.2, 0.25) is 0 Å². The Kier molecular flexibility index (Phi) is 5.23. The van der Waals surface area contributed by atoms with Gasteiger partial charge in [0, 0.05) is 49.7 Å². The summed E-state index contributed by atoms with van der Waals surface area (Å²) in [4.78, 5) is 22.4. The highest BCUT2D eigenvalue weighted by Crippen LogP contribution is 2.27. The smallest absolute Gasteiger partial charge is 0.254 e. The van der Waals surface area contributed by atoms with E-state index in [2.05, 4.69) is 25.3 Å². The van der Waals surface area contributed by atoms with Crippen LogP contribution in [-0.2, 0) is 21.4 Å². The second-order valence-corrected chi connectivity index (χ2v) is 10.1. The van der Waals surface area contributed by atoms with Crippen LogP contribution >= 0.6 is 11.3 Å². The summed E-state index contributed by atoms with van der Waals surface area (Å²) in [7, 11) is -3.56. The molecule has 1 aliphatic heterocycles. The molecule has 0 aliphatic carbocycles. The molecule has 0 aromatic carbocycles. The van der Waals surface area contributed by atoms with Crippen molar-refractivity contribution >= 4 is 38.9 Å². The van der Waals surface area contributed by atoms with Crippen LogP contribution in [-0.4, -0.2) is 64.4 Å². The van der Waals surface area contributed by atoms with Gasteiger partial charge in [-0.05, 0) is 19.1 Å². The summed E-state index contributed by atoms with van der Waals surface area (Å²) in [6.45, 7) is 5.50. The Hall–Kier alpha value is -2.57. The summed E-state index contributed by atoms with van der Waals surface area (Å²) in [6, 6.07) is 5.28. The van der Waals surface area contributed by atoms with Gasteiger partial charge in [-0.15, -0.1) is 11.3 Å². The second-order valence-electron chi connectivity index (χ2n) is 6.75. The maximum absolute atomic E-state index is 13.0. The summed E-state index contributed by atoms with van der Waals surface area (Å²) >= 11 is 1.19. The number of hydrogen-bond acceptors (Lipinski definition) is 8. The van der Waals surface area contributed by atoms with Gasteiger partial charge in [0.15, 0.2) is 0 Å². The third kappa shape index (κ3) is 3.95. The Bertz CT molecular complexity index is 1150. The zero-order valence-corrected chi connectivity index (χ0v) is 17.7. The molecular formula is C17H21N7O3S2. The first-order valence-electron chi connectivity index (χ1n) is 9.10. The average molecular weight is 436 g/mol. The third-order valence-electron chi connectivity index (χ3n) is 4.67. The largest absolute Gasteiger partial charge is 0.354 e. The summed E-state index contributed by atoms with van der Waals surface area (Å²) in [6.07, 6.45) is 1.46. The SMILES string of the molecule is CC(=O)NCc1ccc(S(=O)(=O)N2CCN(c3cc(C)nc4ncnn34)CC2)s1. The van der Waals surface area contributed by atoms with Crippen molar-refractivity contribution < 1.29 is 13.2 Å². The number of hydrogen-bond donors (Lipinski definition) is 1. The molecule has 154 valence electrons. The number of nitrogens with one attached hydrogen (secondary N) is 1. The van der Waals surface area contributed by atoms with Crippen LogP contribution in [0, 0.1) is 6.92 Å². The fraction of sp³-hybridized carbons (Fsp3) is 0.412. The number of aromatic nitrogens is 4. The Balaban J connectivity index is 1.47. The highest BCUT2D eigenvalue weighted by atomic mass is 32.2. The Morgan fingerprint density at radius 2 is 2.00 bits per heavy atom. The topological polar surface area (TPSA) is 113 Å². The lowest BCUT2D eigenvalue weighted by Crippen LogP contribution is -2.49. The van der Waals surface area contributed by atoms with Gasteiger partial charge in [0.05, 0.1) is 6.54 Å². The Morgan fingerprint density at radius 1 is 1.24 bits per heavy atom. The molecule has 0 saturated carbocycles. The van der Waals surface area contributed by atoms with Gasteiger partial charge in [0.1, 0.15) is 16.4 Å². The van der Waals surface area contributed by atoms with Crippen LogP contribution in [0.15, 0.2) is 28.7 Å². The van der Waals surface area contributed by atoms with E-state index in [9.17, 15) is 13.2 Å². The molecule has 1 amide bonds. The van der Waals surface area contributed by atoms with Crippen molar-refractivity contribution in [3.8, 4) is 0 Å². The van der Waals surface area contributed by atoms with Crippen molar-refractivity contribution in [2.75, 3.05) is 31.1 Å². The lowest BCUT2D eigenvalue weighted by molar-refractivity contribution is -0.119. The van der Waals surface area contributed by atoms with E-state index < -0.39 is 10.0 Å². The molecular weight excluding hydrogens is 414 g/mol. The first-order valence-corrected chi connectivity index (χ1v) is 11.4. The molecule has 1 aliphatic rings. The number of sulfonamides is 1. The number of amides is 1. The fourth-order valence-electron chi connectivity index (χ4n) is 3.22. The summed E-state index contributed by atoms with van der Waals surface area (Å²) in [5.41, 5.74) is 0.834. The normalized spacial score (nSPS) is 15.7. The van der Waals surface area contributed by atoms with E-state index in [0.717, 1.165) is 16.4 Å². The van der Waals surface area contributed by atoms with Gasteiger partial charge in [0.2, 0.25) is 5.91 Å². The van der Waals surface area contributed by atoms with Gasteiger partial charge >= 0.3 is 0 Å². The molecule has 4 rings (SSSR count). The number of carbonyl (C=O) groups excluding carboxylic acids is 1. The van der Waals surface area contributed by atoms with Gasteiger partial charge in [-0.2, -0.15) is 18.9 Å². The van der Waals surface area contributed by atoms with Crippen LogP contribution in [0.25, 0.3) is 5.78 Å². The minimum atomic E-state index is -3.56. The molecule has 3 aromatic rings. The van der Waals surface area contributed by atoms with E-state index in [1.165, 1.54) is 28.9 Å².